The van der Waals surface area contributed by atoms with Crippen LogP contribution in [-0.2, 0) is 4.74 Å². The predicted molar refractivity (Wildman–Crippen MR) is 67.0 cm³/mol. The normalized spacial score (nSPS) is 16.3. The third-order valence-electron chi connectivity index (χ3n) is 2.87. The van der Waals surface area contributed by atoms with Gasteiger partial charge in [0.1, 0.15) is 0 Å². The molecule has 84 valence electrons. The smallest absolute Gasteiger partial charge is 0.186 e. The molecule has 2 heterocycles. The fourth-order valence-corrected chi connectivity index (χ4v) is 2.67. The molecule has 1 fully saturated rings. The standard InChI is InChI=1S/C11H13N3OS/c1-14(8-5-15-6-8)11-13-9-4-7(12)2-3-10(9)16-11/h2-4,8H,5-6,12H2,1H3. The van der Waals surface area contributed by atoms with Crippen LogP contribution in [0.25, 0.3) is 10.2 Å². The zero-order chi connectivity index (χ0) is 11.1. The highest BCUT2D eigenvalue weighted by molar-refractivity contribution is 7.22. The first-order valence-electron chi connectivity index (χ1n) is 5.21. The van der Waals surface area contributed by atoms with Gasteiger partial charge in [0.15, 0.2) is 5.13 Å². The van der Waals surface area contributed by atoms with E-state index in [0.29, 0.717) is 6.04 Å². The lowest BCUT2D eigenvalue weighted by Crippen LogP contribution is -2.47. The molecular formula is C11H13N3OS. The lowest BCUT2D eigenvalue weighted by atomic mass is 10.2. The molecule has 4 nitrogen and oxygen atoms in total. The lowest BCUT2D eigenvalue weighted by molar-refractivity contribution is 0.0101. The molecule has 1 aliphatic heterocycles. The van der Waals surface area contributed by atoms with Crippen molar-refractivity contribution < 1.29 is 4.74 Å². The van der Waals surface area contributed by atoms with Gasteiger partial charge in [-0.25, -0.2) is 4.98 Å². The van der Waals surface area contributed by atoms with Gasteiger partial charge >= 0.3 is 0 Å². The monoisotopic (exact) mass is 235 g/mol. The summed E-state index contributed by atoms with van der Waals surface area (Å²) in [7, 11) is 2.06. The number of thiazole rings is 1. The topological polar surface area (TPSA) is 51.4 Å². The molecule has 16 heavy (non-hydrogen) atoms. The summed E-state index contributed by atoms with van der Waals surface area (Å²) in [6, 6.07) is 6.33. The van der Waals surface area contributed by atoms with Crippen molar-refractivity contribution in [3.8, 4) is 0 Å². The van der Waals surface area contributed by atoms with Crippen LogP contribution in [0, 0.1) is 0 Å². The van der Waals surface area contributed by atoms with E-state index in [1.54, 1.807) is 11.3 Å². The Bertz CT molecular complexity index is 521. The minimum atomic E-state index is 0.470. The van der Waals surface area contributed by atoms with Gasteiger partial charge in [0, 0.05) is 12.7 Å². The number of hydrogen-bond acceptors (Lipinski definition) is 5. The summed E-state index contributed by atoms with van der Waals surface area (Å²) >= 11 is 1.70. The van der Waals surface area contributed by atoms with Gasteiger partial charge in [0.25, 0.3) is 0 Å². The molecule has 0 saturated carbocycles. The van der Waals surface area contributed by atoms with Crippen molar-refractivity contribution in [2.45, 2.75) is 6.04 Å². The number of nitrogen functional groups attached to an aromatic ring is 1. The van der Waals surface area contributed by atoms with Crippen LogP contribution < -0.4 is 10.6 Å². The highest BCUT2D eigenvalue weighted by Crippen LogP contribution is 2.31. The Morgan fingerprint density at radius 2 is 2.31 bits per heavy atom. The molecule has 2 N–H and O–H groups in total. The van der Waals surface area contributed by atoms with Crippen LogP contribution in [0.2, 0.25) is 0 Å². The number of rotatable bonds is 2. The molecule has 0 atom stereocenters. The molecule has 0 aliphatic carbocycles. The third kappa shape index (κ3) is 1.52. The molecule has 2 aromatic rings. The fourth-order valence-electron chi connectivity index (χ4n) is 1.69. The molecule has 0 bridgehead atoms. The minimum absolute atomic E-state index is 0.470. The average molecular weight is 235 g/mol. The molecule has 0 radical (unpaired) electrons. The lowest BCUT2D eigenvalue weighted by Gasteiger charge is -2.34. The van der Waals surface area contributed by atoms with E-state index in [-0.39, 0.29) is 0 Å². The highest BCUT2D eigenvalue weighted by Gasteiger charge is 2.25. The van der Waals surface area contributed by atoms with Crippen LogP contribution in [0.15, 0.2) is 18.2 Å². The number of nitrogens with zero attached hydrogens (tertiary/aromatic N) is 2. The maximum absolute atomic E-state index is 5.74. The van der Waals surface area contributed by atoms with Gasteiger partial charge < -0.3 is 15.4 Å². The summed E-state index contributed by atoms with van der Waals surface area (Å²) in [5, 5.41) is 1.04. The Labute approximate surface area is 97.6 Å². The number of hydrogen-bond donors (Lipinski definition) is 1. The van der Waals surface area contributed by atoms with Crippen molar-refractivity contribution in [3.63, 3.8) is 0 Å². The maximum atomic E-state index is 5.74. The van der Waals surface area contributed by atoms with Gasteiger partial charge in [0.05, 0.1) is 29.5 Å². The van der Waals surface area contributed by atoms with Gasteiger partial charge in [-0.3, -0.25) is 0 Å². The van der Waals surface area contributed by atoms with Crippen molar-refractivity contribution in [2.24, 2.45) is 0 Å². The van der Waals surface area contributed by atoms with E-state index in [9.17, 15) is 0 Å². The quantitative estimate of drug-likeness (QED) is 0.805. The van der Waals surface area contributed by atoms with Crippen molar-refractivity contribution in [2.75, 3.05) is 30.9 Å². The van der Waals surface area contributed by atoms with Crippen molar-refractivity contribution in [1.82, 2.24) is 4.98 Å². The van der Waals surface area contributed by atoms with Gasteiger partial charge in [-0.1, -0.05) is 11.3 Å². The second-order valence-corrected chi connectivity index (χ2v) is 5.03. The van der Waals surface area contributed by atoms with Crippen molar-refractivity contribution in [3.05, 3.63) is 18.2 Å². The van der Waals surface area contributed by atoms with Crippen LogP contribution in [0.5, 0.6) is 0 Å². The van der Waals surface area contributed by atoms with E-state index >= 15 is 0 Å². The zero-order valence-corrected chi connectivity index (χ0v) is 9.83. The zero-order valence-electron chi connectivity index (χ0n) is 9.01. The first-order valence-corrected chi connectivity index (χ1v) is 6.02. The summed E-state index contributed by atoms with van der Waals surface area (Å²) in [4.78, 5) is 6.77. The first kappa shape index (κ1) is 9.86. The SMILES string of the molecule is CN(c1nc2cc(N)ccc2s1)C1COC1. The molecule has 1 aliphatic rings. The molecule has 1 saturated heterocycles. The largest absolute Gasteiger partial charge is 0.399 e. The number of benzene rings is 1. The van der Waals surface area contributed by atoms with Crippen LogP contribution >= 0.6 is 11.3 Å². The Kier molecular flexibility index (Phi) is 2.22. The minimum Gasteiger partial charge on any atom is -0.399 e. The van der Waals surface area contributed by atoms with E-state index in [2.05, 4.69) is 16.9 Å². The van der Waals surface area contributed by atoms with Crippen LogP contribution in [0.4, 0.5) is 10.8 Å². The molecule has 1 aromatic carbocycles. The van der Waals surface area contributed by atoms with Gasteiger partial charge in [-0.05, 0) is 18.2 Å². The second kappa shape index (κ2) is 3.61. The summed E-state index contributed by atoms with van der Waals surface area (Å²) < 4.78 is 6.36. The Hall–Kier alpha value is -1.33. The van der Waals surface area contributed by atoms with E-state index in [0.717, 1.165) is 29.5 Å². The fraction of sp³-hybridized carbons (Fsp3) is 0.364. The van der Waals surface area contributed by atoms with Gasteiger partial charge in [-0.2, -0.15) is 0 Å². The molecule has 0 unspecified atom stereocenters. The summed E-state index contributed by atoms with van der Waals surface area (Å²) in [6.45, 7) is 1.60. The van der Waals surface area contributed by atoms with E-state index in [4.69, 9.17) is 10.5 Å². The molecule has 5 heteroatoms. The number of fused-ring (bicyclic) bond motifs is 1. The Balaban J connectivity index is 1.97. The number of anilines is 2. The Morgan fingerprint density at radius 1 is 1.50 bits per heavy atom. The van der Waals surface area contributed by atoms with Gasteiger partial charge in [0.2, 0.25) is 0 Å². The molecular weight excluding hydrogens is 222 g/mol. The highest BCUT2D eigenvalue weighted by atomic mass is 32.1. The second-order valence-electron chi connectivity index (χ2n) is 4.03. The van der Waals surface area contributed by atoms with E-state index in [1.165, 1.54) is 4.70 Å². The first-order chi connectivity index (χ1) is 7.74. The van der Waals surface area contributed by atoms with Crippen LogP contribution in [0.1, 0.15) is 0 Å². The molecule has 0 spiro atoms. The van der Waals surface area contributed by atoms with Crippen molar-refractivity contribution >= 4 is 32.4 Å². The van der Waals surface area contributed by atoms with Crippen molar-refractivity contribution in [1.29, 1.82) is 0 Å². The van der Waals surface area contributed by atoms with E-state index in [1.807, 2.05) is 18.2 Å². The maximum Gasteiger partial charge on any atom is 0.186 e. The molecule has 3 rings (SSSR count). The van der Waals surface area contributed by atoms with Crippen LogP contribution in [-0.4, -0.2) is 31.3 Å². The summed E-state index contributed by atoms with van der Waals surface area (Å²) in [5.41, 5.74) is 7.48. The van der Waals surface area contributed by atoms with Crippen LogP contribution in [0.3, 0.4) is 0 Å². The summed E-state index contributed by atoms with van der Waals surface area (Å²) in [5.74, 6) is 0. The van der Waals surface area contributed by atoms with Gasteiger partial charge in [-0.15, -0.1) is 0 Å². The number of aromatic nitrogens is 1. The summed E-state index contributed by atoms with van der Waals surface area (Å²) in [6.07, 6.45) is 0. The van der Waals surface area contributed by atoms with E-state index < -0.39 is 0 Å². The number of ether oxygens (including phenoxy) is 1. The predicted octanol–water partition coefficient (Wildman–Crippen LogP) is 1.71. The molecule has 0 amide bonds. The average Bonchev–Trinajstić information content (AvgIpc) is 2.57. The third-order valence-corrected chi connectivity index (χ3v) is 4.00. The Morgan fingerprint density at radius 3 is 3.00 bits per heavy atom. The number of likely N-dealkylation sites (N-methyl/N-ethyl adjacent to an activating group) is 1. The number of nitrogens with two attached hydrogens (primary N) is 1. The molecule has 1 aromatic heterocycles.